The number of fused-ring (bicyclic) bond motifs is 3. The first kappa shape index (κ1) is 84.5. The second-order valence-electron chi connectivity index (χ2n) is 31.4. The normalized spacial score (nSPS) is 13.8. The molecule has 0 aliphatic rings. The molecule has 762 valence electrons. The number of amides is 4. The van der Waals surface area contributed by atoms with E-state index in [0.717, 1.165) is 18.8 Å². The van der Waals surface area contributed by atoms with Gasteiger partial charge in [0.2, 0.25) is 21.1 Å². The number of aromatic carboxylic acids is 1. The van der Waals surface area contributed by atoms with Gasteiger partial charge >= 0.3 is 18.2 Å². The molecule has 0 bridgehead atoms. The van der Waals surface area contributed by atoms with E-state index in [-0.39, 0.29) is 156 Å². The molecule has 0 radical (unpaired) electrons. The van der Waals surface area contributed by atoms with Crippen molar-refractivity contribution in [2.75, 3.05) is 53.5 Å². The number of hydroxylamine groups is 2. The zero-order valence-electron chi connectivity index (χ0n) is 104. The topological polar surface area (TPSA) is 484 Å². The molecule has 15 aromatic rings. The van der Waals surface area contributed by atoms with E-state index in [2.05, 4.69) is 72.3 Å². The number of benzene rings is 10. The first-order valence-electron chi connectivity index (χ1n) is 54.3. The lowest BCUT2D eigenvalue weighted by molar-refractivity contribution is -0.170. The summed E-state index contributed by atoms with van der Waals surface area (Å²) >= 11 is 35.9. The highest BCUT2D eigenvalue weighted by Crippen LogP contribution is 2.36. The minimum Gasteiger partial charge on any atom is -0.478 e. The molecule has 10 aromatic carbocycles. The minimum absolute atomic E-state index is 0.00810. The van der Waals surface area contributed by atoms with Crippen LogP contribution in [0.4, 0.5) is 61.7 Å². The molecule has 4 amide bonds. The number of carbonyl (C=O) groups is 5. The SMILES string of the molecule is CON(C)C(=O)[C@H](C)NC(=O)OC(C)(C)C.Cc1cccc(Cl)c1C(=O)O.O=S(Cl)Cl.[2H]c1c([2H])c([2H])c(-n2c([C@H](C)N)cc3cccc(Cl)c3c2=O)c([2H])c1[2H].[2H]c1c([2H])c([2H])c(-n2c([C@H](C)NC(=O)OC(C)(C)C)cc3cccc(Cl)c3c2=O)c([2H])c1[2H].[2H]c1c([2H])c([2H])c(-n2c([C@H](C)Nc3nc(N)nc(N)c3[N+]#[C-])cc3cccc(Cl)c3c2=O)c([2H])c1[2H].[2H]c1c([2H])c([2H])c(N)c([2H])c1[2H].[2H]c1c([2H])c([2H])c(NC(=O)c2c(C)cccc2Cl)c([2H])c1[2H].[C-]#[N+]c1c(N)nc(N)nc1Cl. The Morgan fingerprint density at radius 3 is 1.20 bits per heavy atom. The molecule has 5 aromatic heterocycles. The zero-order chi connectivity index (χ0) is 130. The number of nitrogen functional groups attached to an aromatic ring is 5. The van der Waals surface area contributed by atoms with E-state index in [0.29, 0.717) is 33.0 Å². The van der Waals surface area contributed by atoms with Gasteiger partial charge in [-0.25, -0.2) is 53.3 Å². The Morgan fingerprint density at radius 2 is 0.836 bits per heavy atom. The predicted octanol–water partition coefficient (Wildman–Crippen LogP) is 23.5. The number of likely N-dealkylation sites (N-methyl/N-ethyl adjacent to an activating group) is 1. The first-order valence-corrected chi connectivity index (χ1v) is 46.9. The number of anilines is 7. The molecule has 42 heteroatoms. The largest absolute Gasteiger partial charge is 0.478 e. The number of aromatic nitrogens is 7. The number of carboxylic acids is 1. The summed E-state index contributed by atoms with van der Waals surface area (Å²) in [5.41, 5.74) is 31.0. The average Bonchev–Trinajstić information content (AvgIpc) is 0.744. The number of nitrogens with two attached hydrogens (primary N) is 6. The Hall–Kier alpha value is -14.9. The fraction of sp³-hybridized carbons (Fsp3) is 0.192. The number of carbonyl (C=O) groups excluding carboxylic acids is 4. The summed E-state index contributed by atoms with van der Waals surface area (Å²) < 4.78 is 218. The van der Waals surface area contributed by atoms with Crippen molar-refractivity contribution in [3.8, 4) is 17.1 Å². The molecule has 4 atom stereocenters. The van der Waals surface area contributed by atoms with E-state index in [1.807, 2.05) is 0 Å². The Morgan fingerprint density at radius 1 is 0.493 bits per heavy atom. The number of nitrogens with zero attached hydrogens (tertiary/aromatic N) is 10. The number of ether oxygens (including phenoxy) is 2. The molecule has 0 spiro atoms. The van der Waals surface area contributed by atoms with Crippen molar-refractivity contribution in [1.82, 2.24) is 49.3 Å². The number of aryl methyl sites for hydroxylation is 2. The van der Waals surface area contributed by atoms with Crippen molar-refractivity contribution in [2.24, 2.45) is 5.73 Å². The van der Waals surface area contributed by atoms with Crippen LogP contribution in [0.1, 0.15) is 171 Å². The lowest BCUT2D eigenvalue weighted by Crippen LogP contribution is -2.46. The number of pyridine rings is 3. The molecule has 5 heterocycles. The third-order valence-corrected chi connectivity index (χ3v) is 20.4. The van der Waals surface area contributed by atoms with Crippen LogP contribution >= 0.6 is 91.0 Å². The molecule has 15 rings (SSSR count). The van der Waals surface area contributed by atoms with Crippen LogP contribution in [0.5, 0.6) is 0 Å². The van der Waals surface area contributed by atoms with Gasteiger partial charge in [0.1, 0.15) is 39.9 Å². The molecule has 0 saturated carbocycles. The van der Waals surface area contributed by atoms with E-state index in [4.69, 9.17) is 175 Å². The quantitative estimate of drug-likeness (QED) is 0.0149. The summed E-state index contributed by atoms with van der Waals surface area (Å²) in [6.07, 6.45) is -1.36. The molecule has 0 fully saturated rings. The number of carboxylic acid groups (broad SMARTS) is 1. The van der Waals surface area contributed by atoms with Crippen molar-refractivity contribution < 1.29 is 81.9 Å². The maximum atomic E-state index is 13.8. The van der Waals surface area contributed by atoms with Crippen LogP contribution in [0.3, 0.4) is 0 Å². The Balaban J connectivity index is 0.000000269. The fourth-order valence-corrected chi connectivity index (χ4v) is 14.0. The van der Waals surface area contributed by atoms with Gasteiger partial charge in [-0.05, 0) is 219 Å². The van der Waals surface area contributed by atoms with Crippen molar-refractivity contribution in [1.29, 1.82) is 0 Å². The van der Waals surface area contributed by atoms with E-state index in [9.17, 15) is 38.4 Å². The third-order valence-electron chi connectivity index (χ3n) is 18.5. The van der Waals surface area contributed by atoms with Gasteiger partial charge < -0.3 is 70.2 Å². The van der Waals surface area contributed by atoms with Gasteiger partial charge in [0, 0.05) is 80.0 Å². The fourth-order valence-electron chi connectivity index (χ4n) is 12.3. The zero-order valence-corrected chi connectivity index (χ0v) is 86.3. The smallest absolute Gasteiger partial charge is 0.408 e. The maximum Gasteiger partial charge on any atom is 0.408 e. The lowest BCUT2D eigenvalue weighted by Gasteiger charge is -2.24. The van der Waals surface area contributed by atoms with Gasteiger partial charge in [-0.3, -0.25) is 42.5 Å². The van der Waals surface area contributed by atoms with E-state index >= 15 is 0 Å². The molecular weight excluding hydrogens is 2050 g/mol. The summed E-state index contributed by atoms with van der Waals surface area (Å²) in [7, 11) is 10.2. The number of hydrogen-bond acceptors (Lipinski definition) is 23. The number of nitrogens with one attached hydrogen (secondary N) is 4. The first-order chi connectivity index (χ1) is 79.3. The number of para-hydroxylation sites is 5. The van der Waals surface area contributed by atoms with E-state index in [1.165, 1.54) is 26.3 Å². The molecule has 0 aliphatic carbocycles. The highest BCUT2D eigenvalue weighted by atomic mass is 36.0. The highest BCUT2D eigenvalue weighted by Gasteiger charge is 2.28. The van der Waals surface area contributed by atoms with E-state index in [1.54, 1.807) is 180 Å². The van der Waals surface area contributed by atoms with Crippen LogP contribution in [0, 0.1) is 27.0 Å². The van der Waals surface area contributed by atoms with Gasteiger partial charge in [0.25, 0.3) is 39.9 Å². The minimum atomic E-state index is -1.67. The number of alkyl carbamates (subject to hydrolysis) is 2. The second-order valence-corrected chi connectivity index (χ2v) is 36.3. The van der Waals surface area contributed by atoms with Crippen molar-refractivity contribution in [3.63, 3.8) is 0 Å². The van der Waals surface area contributed by atoms with E-state index < -0.39 is 224 Å². The molecule has 0 unspecified atom stereocenters. The molecule has 0 saturated heterocycles. The van der Waals surface area contributed by atoms with Crippen LogP contribution in [0.15, 0.2) is 275 Å². The Labute approximate surface area is 919 Å². The van der Waals surface area contributed by atoms with Crippen LogP contribution in [-0.4, -0.2) is 109 Å². The monoisotopic (exact) mass is 2180 g/mol. The summed E-state index contributed by atoms with van der Waals surface area (Å²) in [5, 5.41) is 23.1. The number of hydrogen-bond donors (Lipinski definition) is 11. The molecule has 33 nitrogen and oxygen atoms in total. The summed E-state index contributed by atoms with van der Waals surface area (Å²) in [6.45, 7) is 34.3. The molecule has 0 aliphatic heterocycles. The molecule has 17 N–H and O–H groups in total. The van der Waals surface area contributed by atoms with Gasteiger partial charge in [-0.15, -0.1) is 0 Å². The maximum absolute atomic E-state index is 13.8. The van der Waals surface area contributed by atoms with Gasteiger partial charge in [0.05, 0.1) is 119 Å². The van der Waals surface area contributed by atoms with Gasteiger partial charge in [0.15, 0.2) is 0 Å². The molecular formula is C104H106Cl8N20O13S. The van der Waals surface area contributed by atoms with Crippen LogP contribution < -0.4 is 72.3 Å². The van der Waals surface area contributed by atoms with Crippen LogP contribution in [0.2, 0.25) is 30.3 Å². The van der Waals surface area contributed by atoms with Gasteiger partial charge in [-0.2, -0.15) is 0 Å². The van der Waals surface area contributed by atoms with Crippen molar-refractivity contribution in [3.05, 3.63) is 384 Å². The highest BCUT2D eigenvalue weighted by molar-refractivity contribution is 8.26. The Bertz CT molecular complexity index is 8800. The van der Waals surface area contributed by atoms with Crippen LogP contribution in [-0.2, 0) is 28.3 Å². The predicted molar refractivity (Wildman–Crippen MR) is 588 cm³/mol. The summed E-state index contributed by atoms with van der Waals surface area (Å²) in [4.78, 5) is 125. The number of halogens is 8. The second kappa shape index (κ2) is 55.8. The lowest BCUT2D eigenvalue weighted by atomic mass is 10.1. The number of rotatable bonds is 15. The standard InChI is InChI=1S/C22H18ClN7O.C22H23ClN2O3.C17H15ClN2O.C14H12ClNO.C10H20N2O4.C8H7ClO2.C6H7N.C5H4ClN5.Cl2OS/c1-12(27-20-18(26-2)19(24)28-22(25)29-20)16-11-13-7-6-10-15(23)17(13)21(31)30(16)14-8-4-3-5-9-14;1-14(24-21(27)28-22(2,3)4)18-13-15-9-8-12-17(23)19(15)20(26)25(18)16-10-6-5-7-11-16;1-11(19)15-10-12-6-5-9-14(18)16(12)17(21)20(15)13-7-3-2-4-8-13;1-10-6-5-9-12(15)13(10)14(17)16-11-7-3-2-4-8-11;1-7(8(13)12(5)15-6)11-9(14)16-10(2,3)4;1-5-3-2-4-6(9)7(5)8(10)11;7-6-4-2-1-3-5-6;1-9-2-3(6)10-5(8)11-4(2)7;1-4(2)3/h3-12H,1H3,(H5,24,25,27,28,29);5-14H,1-4H3,(H,24,27);2-11H,19H2,1H3;2-9H,1H3,(H,16,17);7H,1-6H3,(H,11,14);2-4H,1H3,(H,10,11);1-5H,7H2;(H4,7,8,10,11);/t12-;14-;11-;;7-;;;;/m000.0..../s1/i3D,4D,5D,8D,9D;5D,6D,7D,10D,11D;2*2D,3D,4D,7D,8D;;;1D,2D,3D,4D,5D;;. The summed E-state index contributed by atoms with van der Waals surface area (Å²) in [5.74, 6) is -2.28. The van der Waals surface area contributed by atoms with Crippen molar-refractivity contribution in [2.45, 2.75) is 118 Å². The van der Waals surface area contributed by atoms with Crippen molar-refractivity contribution >= 4 is 215 Å². The third kappa shape index (κ3) is 34.7. The average molecular weight is 2180 g/mol. The Kier molecular flexibility index (Phi) is 32.3. The summed E-state index contributed by atoms with van der Waals surface area (Å²) in [6, 6.07) is 13.8. The van der Waals surface area contributed by atoms with Crippen LogP contribution in [0.25, 0.3) is 59.1 Å². The molecule has 146 heavy (non-hydrogen) atoms. The van der Waals surface area contributed by atoms with Gasteiger partial charge in [-0.1, -0.05) is 221 Å².